The Morgan fingerprint density at radius 3 is 2.92 bits per heavy atom. The molecule has 1 aliphatic heterocycles. The third-order valence-electron chi connectivity index (χ3n) is 1.66. The summed E-state index contributed by atoms with van der Waals surface area (Å²) in [6.45, 7) is 1.84. The van der Waals surface area contributed by atoms with Crippen molar-refractivity contribution in [2.45, 2.75) is 6.92 Å². The Hall–Kier alpha value is -1.39. The first-order chi connectivity index (χ1) is 6.24. The molecule has 1 aliphatic rings. The lowest BCUT2D eigenvalue weighted by atomic mass is 10.1. The maximum absolute atomic E-state index is 10.6. The molecular weight excluding hydrogens is 183 g/mol. The van der Waals surface area contributed by atoms with Gasteiger partial charge >= 0.3 is 0 Å². The fourth-order valence-electron chi connectivity index (χ4n) is 1.12. The fraction of sp³-hybridized carbons (Fsp3) is 0.111. The average molecular weight is 192 g/mol. The third kappa shape index (κ3) is 1.68. The average Bonchev–Trinajstić information content (AvgIpc) is 2.44. The molecule has 0 aromatic heterocycles. The zero-order chi connectivity index (χ0) is 9.84. The van der Waals surface area contributed by atoms with Crippen LogP contribution in [0.15, 0.2) is 28.4 Å². The molecule has 0 saturated heterocycles. The van der Waals surface area contributed by atoms with E-state index in [9.17, 15) is 4.79 Å². The van der Waals surface area contributed by atoms with Crippen LogP contribution in [-0.2, 0) is 4.79 Å². The van der Waals surface area contributed by atoms with Gasteiger partial charge in [0.2, 0.25) is 0 Å². The van der Waals surface area contributed by atoms with E-state index in [0.29, 0.717) is 11.4 Å². The van der Waals surface area contributed by atoms with Crippen molar-refractivity contribution in [3.8, 4) is 12.5 Å². The molecule has 0 radical (unpaired) electrons. The fourth-order valence-corrected chi connectivity index (χ4v) is 1.47. The van der Waals surface area contributed by atoms with Crippen molar-refractivity contribution in [2.24, 2.45) is 4.99 Å². The molecule has 1 rings (SSSR count). The van der Waals surface area contributed by atoms with Crippen molar-refractivity contribution < 1.29 is 4.79 Å². The molecule has 1 heterocycles. The van der Waals surface area contributed by atoms with Crippen molar-refractivity contribution in [1.29, 1.82) is 0 Å². The predicted octanol–water partition coefficient (Wildman–Crippen LogP) is 1.11. The molecule has 0 fully saturated rings. The summed E-state index contributed by atoms with van der Waals surface area (Å²) in [4.78, 5) is 14.4. The number of rotatable bonds is 1. The lowest BCUT2D eigenvalue weighted by molar-refractivity contribution is -0.104. The largest absolute Gasteiger partial charge is 0.316 e. The van der Waals surface area contributed by atoms with Gasteiger partial charge in [0.05, 0.1) is 0 Å². The van der Waals surface area contributed by atoms with E-state index in [4.69, 9.17) is 6.42 Å². The van der Waals surface area contributed by atoms with E-state index in [-0.39, 0.29) is 0 Å². The molecule has 1 atom stereocenters. The number of aliphatic imine (C=N–C) groups is 1. The third-order valence-corrected chi connectivity index (χ3v) is 2.05. The molecule has 0 saturated carbocycles. The van der Waals surface area contributed by atoms with Gasteiger partial charge in [-0.25, -0.2) is 0 Å². The number of carbonyl (C=O) groups excluding carboxylic acids is 1. The molecule has 0 aliphatic carbocycles. The minimum Gasteiger partial charge on any atom is -0.316 e. The van der Waals surface area contributed by atoms with Gasteiger partial charge in [0.25, 0.3) is 0 Å². The number of allylic oxidation sites excluding steroid dienone is 1. The summed E-state index contributed by atoms with van der Waals surface area (Å²) in [6.07, 6.45) is 9.32. The normalized spacial score (nSPS) is 21.9. The molecule has 1 unspecified atom stereocenters. The van der Waals surface area contributed by atoms with Gasteiger partial charge in [-0.05, 0) is 16.3 Å². The second-order valence-electron chi connectivity index (χ2n) is 2.38. The highest BCUT2D eigenvalue weighted by molar-refractivity contribution is 7.15. The summed E-state index contributed by atoms with van der Waals surface area (Å²) in [5.41, 5.74) is 1.36. The minimum absolute atomic E-state index is 0.589. The number of aldehydes is 1. The molecule has 0 spiro atoms. The van der Waals surface area contributed by atoms with Gasteiger partial charge in [0.1, 0.15) is 0 Å². The Balaban J connectivity index is 3.16. The first-order valence-electron chi connectivity index (χ1n) is 3.65. The van der Waals surface area contributed by atoms with E-state index in [2.05, 4.69) is 20.4 Å². The Morgan fingerprint density at radius 2 is 2.46 bits per heavy atom. The number of hydrogen-bond donors (Lipinski definition) is 0. The number of terminal acetylenes is 1. The van der Waals surface area contributed by atoms with Crippen molar-refractivity contribution in [2.75, 3.05) is 0 Å². The van der Waals surface area contributed by atoms with Gasteiger partial charge in [0.15, 0.2) is 12.1 Å². The maximum atomic E-state index is 10.6. The van der Waals surface area contributed by atoms with Crippen LogP contribution >= 0.6 is 9.39 Å². The van der Waals surface area contributed by atoms with E-state index >= 15 is 0 Å². The highest BCUT2D eigenvalue weighted by Gasteiger charge is 2.21. The van der Waals surface area contributed by atoms with Crippen LogP contribution in [0.3, 0.4) is 0 Å². The van der Waals surface area contributed by atoms with E-state index in [0.717, 1.165) is 11.9 Å². The lowest BCUT2D eigenvalue weighted by Gasteiger charge is -2.07. The van der Waals surface area contributed by atoms with Crippen molar-refractivity contribution >= 4 is 21.5 Å². The van der Waals surface area contributed by atoms with Crippen molar-refractivity contribution in [3.63, 3.8) is 0 Å². The number of hydrogen-bond acceptors (Lipinski definition) is 2. The Morgan fingerprint density at radius 1 is 1.77 bits per heavy atom. The zero-order valence-electron chi connectivity index (χ0n) is 7.19. The summed E-state index contributed by atoms with van der Waals surface area (Å²) < 4.78 is 1.65. The minimum atomic E-state index is 0.589. The summed E-state index contributed by atoms with van der Waals surface area (Å²) in [5, 5.41) is 0. The van der Waals surface area contributed by atoms with Crippen LogP contribution < -0.4 is 0 Å². The van der Waals surface area contributed by atoms with E-state index in [1.54, 1.807) is 16.9 Å². The second kappa shape index (κ2) is 4.02. The van der Waals surface area contributed by atoms with Crippen LogP contribution in [0, 0.1) is 12.5 Å². The summed E-state index contributed by atoms with van der Waals surface area (Å²) in [6, 6.07) is 2.19. The molecule has 3 nitrogen and oxygen atoms in total. The van der Waals surface area contributed by atoms with E-state index in [1.165, 1.54) is 0 Å². The molecule has 0 N–H and O–H groups in total. The number of nitrogens with zero attached hydrogens (tertiary/aromatic N) is 2. The van der Waals surface area contributed by atoms with Crippen LogP contribution in [0.1, 0.15) is 6.92 Å². The topological polar surface area (TPSA) is 32.7 Å². The predicted molar refractivity (Wildman–Crippen MR) is 55.7 cm³/mol. The number of amidine groups is 1. The zero-order valence-corrected chi connectivity index (χ0v) is 8.34. The summed E-state index contributed by atoms with van der Waals surface area (Å²) in [5.74, 6) is 0.608. The van der Waals surface area contributed by atoms with Crippen LogP contribution in [0.4, 0.5) is 0 Å². The van der Waals surface area contributed by atoms with Crippen LogP contribution in [-0.4, -0.2) is 16.8 Å². The Bertz CT molecular complexity index is 360. The standard InChI is InChI=1S/C9H9N2OP/c1-3-8-7(6-12)5-11(13)9(8)10-4-2/h2-3,5-6H,13H2,1H3/b8-3-,10-9?. The first kappa shape index (κ1) is 9.70. The summed E-state index contributed by atoms with van der Waals surface area (Å²) >= 11 is 0. The SMILES string of the molecule is C#CN=C1/C(=C\C)C(C=O)=CN1P. The molecular formula is C9H9N2OP. The number of carbonyl (C=O) groups is 1. The smallest absolute Gasteiger partial charge is 0.153 e. The van der Waals surface area contributed by atoms with E-state index in [1.807, 2.05) is 6.92 Å². The van der Waals surface area contributed by atoms with Crippen LogP contribution in [0.5, 0.6) is 0 Å². The van der Waals surface area contributed by atoms with Crippen molar-refractivity contribution in [1.82, 2.24) is 4.67 Å². The Labute approximate surface area is 79.5 Å². The second-order valence-corrected chi connectivity index (χ2v) is 2.93. The van der Waals surface area contributed by atoms with Gasteiger partial charge < -0.3 is 4.67 Å². The van der Waals surface area contributed by atoms with Gasteiger partial charge in [-0.3, -0.25) is 4.79 Å². The molecule has 0 aromatic rings. The van der Waals surface area contributed by atoms with Crippen LogP contribution in [0.25, 0.3) is 0 Å². The summed E-state index contributed by atoms with van der Waals surface area (Å²) in [7, 11) is 2.42. The molecule has 0 aromatic carbocycles. The maximum Gasteiger partial charge on any atom is 0.153 e. The molecule has 4 heteroatoms. The van der Waals surface area contributed by atoms with Crippen LogP contribution in [0.2, 0.25) is 0 Å². The van der Waals surface area contributed by atoms with Gasteiger partial charge in [-0.2, -0.15) is 4.99 Å². The van der Waals surface area contributed by atoms with E-state index < -0.39 is 0 Å². The molecule has 66 valence electrons. The molecule has 13 heavy (non-hydrogen) atoms. The monoisotopic (exact) mass is 192 g/mol. The highest BCUT2D eigenvalue weighted by atomic mass is 31.0. The quantitative estimate of drug-likeness (QED) is 0.354. The lowest BCUT2D eigenvalue weighted by Crippen LogP contribution is -2.10. The van der Waals surface area contributed by atoms with Gasteiger partial charge in [-0.15, -0.1) is 0 Å². The van der Waals surface area contributed by atoms with Gasteiger partial charge in [0, 0.05) is 23.4 Å². The van der Waals surface area contributed by atoms with Gasteiger partial charge in [-0.1, -0.05) is 12.5 Å². The first-order valence-corrected chi connectivity index (χ1v) is 4.17. The molecule has 0 amide bonds. The highest BCUT2D eigenvalue weighted by Crippen LogP contribution is 2.24. The Kier molecular flexibility index (Phi) is 3.00. The van der Waals surface area contributed by atoms with Crippen molar-refractivity contribution in [3.05, 3.63) is 23.4 Å². The molecule has 0 bridgehead atoms.